The Labute approximate surface area is 253 Å². The molecule has 2 aromatic rings. The monoisotopic (exact) mass is 632 g/mol. The van der Waals surface area contributed by atoms with E-state index in [2.05, 4.69) is 53.4 Å². The topological polar surface area (TPSA) is 189 Å². The second-order valence-corrected chi connectivity index (χ2v) is 11.8. The Morgan fingerprint density at radius 2 is 1.84 bits per heavy atom. The fourth-order valence-corrected chi connectivity index (χ4v) is 5.41. The van der Waals surface area contributed by atoms with Gasteiger partial charge in [0.25, 0.3) is 0 Å². The number of anilines is 2. The van der Waals surface area contributed by atoms with Crippen LogP contribution in [0.5, 0.6) is 0 Å². The Hall–Kier alpha value is -3.28. The first-order chi connectivity index (χ1) is 20.6. The first-order valence-corrected chi connectivity index (χ1v) is 14.6. The van der Waals surface area contributed by atoms with E-state index in [1.807, 2.05) is 0 Å². The molecular formula is C27H43F3N8O6. The van der Waals surface area contributed by atoms with E-state index in [1.54, 1.807) is 17.8 Å². The number of halogens is 3. The van der Waals surface area contributed by atoms with Crippen molar-refractivity contribution in [3.63, 3.8) is 0 Å². The third-order valence-corrected chi connectivity index (χ3v) is 7.82. The smallest absolute Gasteiger partial charge is 0.475 e. The summed E-state index contributed by atoms with van der Waals surface area (Å²) in [5.41, 5.74) is 1.08. The van der Waals surface area contributed by atoms with Gasteiger partial charge in [0.1, 0.15) is 12.2 Å². The zero-order valence-corrected chi connectivity index (χ0v) is 25.5. The number of aromatic nitrogens is 4. The minimum Gasteiger partial charge on any atom is -0.475 e. The molecule has 0 radical (unpaired) electrons. The quantitative estimate of drug-likeness (QED) is 0.218. The van der Waals surface area contributed by atoms with Gasteiger partial charge in [0.2, 0.25) is 11.9 Å². The Balaban J connectivity index is 0.000000676. The lowest BCUT2D eigenvalue weighted by molar-refractivity contribution is -0.192. The Kier molecular flexibility index (Phi) is 11.7. The minimum atomic E-state index is -5.08. The Morgan fingerprint density at radius 1 is 1.18 bits per heavy atom. The van der Waals surface area contributed by atoms with Crippen LogP contribution in [0, 0.1) is 5.92 Å². The number of alkyl halides is 3. The number of imidazole rings is 1. The SMILES string of the molecule is CCC(=O)N[C@H]1C[C@@H](n2cnc3c(N[C@H](CO)CC(C)C)nc(N4CC[C@@H](N(C)C)C4)nc32)[C@H](O)[C@@H]1O.O=C(O)C(F)(F)F. The molecule has 2 aliphatic rings. The molecule has 2 aromatic heterocycles. The van der Waals surface area contributed by atoms with Crippen molar-refractivity contribution in [2.24, 2.45) is 5.92 Å². The molecule has 1 aliphatic heterocycles. The van der Waals surface area contributed by atoms with Crippen LogP contribution in [-0.4, -0.2) is 127 Å². The maximum absolute atomic E-state index is 12.0. The van der Waals surface area contributed by atoms with Crippen LogP contribution in [0.4, 0.5) is 24.9 Å². The summed E-state index contributed by atoms with van der Waals surface area (Å²) in [5, 5.41) is 44.9. The Bertz CT molecular complexity index is 1280. The van der Waals surface area contributed by atoms with Crippen molar-refractivity contribution in [2.45, 2.75) is 89.0 Å². The van der Waals surface area contributed by atoms with Crippen molar-refractivity contribution in [3.8, 4) is 0 Å². The molecule has 4 rings (SSSR count). The highest BCUT2D eigenvalue weighted by molar-refractivity contribution is 5.85. The van der Waals surface area contributed by atoms with Gasteiger partial charge in [-0.1, -0.05) is 20.8 Å². The number of carboxylic acid groups (broad SMARTS) is 1. The summed E-state index contributed by atoms with van der Waals surface area (Å²) in [6.45, 7) is 7.51. The fourth-order valence-electron chi connectivity index (χ4n) is 5.41. The van der Waals surface area contributed by atoms with Gasteiger partial charge < -0.3 is 45.4 Å². The largest absolute Gasteiger partial charge is 0.490 e. The molecule has 0 aromatic carbocycles. The molecule has 1 saturated carbocycles. The third-order valence-electron chi connectivity index (χ3n) is 7.82. The van der Waals surface area contributed by atoms with Crippen molar-refractivity contribution >= 4 is 34.8 Å². The molecule has 1 aliphatic carbocycles. The molecule has 14 nitrogen and oxygen atoms in total. The van der Waals surface area contributed by atoms with Crippen LogP contribution in [-0.2, 0) is 9.59 Å². The average Bonchev–Trinajstić information content (AvgIpc) is 3.67. The van der Waals surface area contributed by atoms with E-state index in [0.717, 1.165) is 25.9 Å². The van der Waals surface area contributed by atoms with Gasteiger partial charge in [-0.15, -0.1) is 0 Å². The van der Waals surface area contributed by atoms with E-state index in [4.69, 9.17) is 19.9 Å². The summed E-state index contributed by atoms with van der Waals surface area (Å²) in [4.78, 5) is 39.5. The molecule has 17 heteroatoms. The second kappa shape index (κ2) is 14.7. The van der Waals surface area contributed by atoms with Gasteiger partial charge >= 0.3 is 12.1 Å². The van der Waals surface area contributed by atoms with Gasteiger partial charge in [0.15, 0.2) is 17.0 Å². The minimum absolute atomic E-state index is 0.0432. The van der Waals surface area contributed by atoms with E-state index in [-0.39, 0.29) is 18.6 Å². The summed E-state index contributed by atoms with van der Waals surface area (Å²) in [6.07, 6.45) is -3.25. The molecule has 1 amide bonds. The van der Waals surface area contributed by atoms with E-state index in [0.29, 0.717) is 47.7 Å². The van der Waals surface area contributed by atoms with Crippen LogP contribution in [0.15, 0.2) is 6.33 Å². The molecule has 0 spiro atoms. The third kappa shape index (κ3) is 8.46. The highest BCUT2D eigenvalue weighted by atomic mass is 19.4. The number of hydrogen-bond donors (Lipinski definition) is 6. The van der Waals surface area contributed by atoms with Gasteiger partial charge in [-0.25, -0.2) is 9.78 Å². The van der Waals surface area contributed by atoms with Crippen LogP contribution in [0.2, 0.25) is 0 Å². The normalized spacial score (nSPS) is 24.5. The molecular weight excluding hydrogens is 589 g/mol. The van der Waals surface area contributed by atoms with Crippen molar-refractivity contribution in [3.05, 3.63) is 6.33 Å². The van der Waals surface area contributed by atoms with Crippen LogP contribution in [0.25, 0.3) is 11.2 Å². The molecule has 1 saturated heterocycles. The van der Waals surface area contributed by atoms with Crippen molar-refractivity contribution < 1.29 is 43.2 Å². The summed E-state index contributed by atoms with van der Waals surface area (Å²) >= 11 is 0. The number of fused-ring (bicyclic) bond motifs is 1. The highest BCUT2D eigenvalue weighted by Gasteiger charge is 2.44. The molecule has 248 valence electrons. The van der Waals surface area contributed by atoms with Crippen LogP contribution in [0.1, 0.15) is 52.5 Å². The number of aliphatic hydroxyl groups is 3. The molecule has 6 N–H and O–H groups in total. The number of aliphatic hydroxyl groups excluding tert-OH is 3. The van der Waals surface area contributed by atoms with E-state index >= 15 is 0 Å². The number of nitrogens with one attached hydrogen (secondary N) is 2. The number of aliphatic carboxylic acids is 1. The van der Waals surface area contributed by atoms with Gasteiger partial charge in [-0.3, -0.25) is 4.79 Å². The number of nitrogens with zero attached hydrogens (tertiary/aromatic N) is 6. The molecule has 2 fully saturated rings. The van der Waals surface area contributed by atoms with Crippen molar-refractivity contribution in [1.82, 2.24) is 29.7 Å². The predicted octanol–water partition coefficient (Wildman–Crippen LogP) is 0.980. The first kappa shape index (κ1) is 35.2. The second-order valence-electron chi connectivity index (χ2n) is 11.8. The lowest BCUT2D eigenvalue weighted by Crippen LogP contribution is -2.42. The number of rotatable bonds is 10. The number of hydrogen-bond acceptors (Lipinski definition) is 11. The lowest BCUT2D eigenvalue weighted by Gasteiger charge is -2.23. The maximum Gasteiger partial charge on any atom is 0.490 e. The standard InChI is InChI=1S/C25H42N8O4.C2HF3O2/c1-6-19(35)28-17-10-18(22(37)21(17)36)33-13-26-20-23(27-15(12-34)9-14(2)3)29-25(30-24(20)33)32-8-7-16(11-32)31(4)5;3-2(4,5)1(6)7/h13-18,21-22,34,36-37H,6-12H2,1-5H3,(H,28,35)(H,27,29,30);(H,6,7)/t15-,16+,17-,18+,21+,22-;/m0./s1. The Morgan fingerprint density at radius 3 is 2.36 bits per heavy atom. The van der Waals surface area contributed by atoms with E-state index < -0.39 is 36.4 Å². The fraction of sp³-hybridized carbons (Fsp3) is 0.741. The lowest BCUT2D eigenvalue weighted by atomic mass is 10.0. The number of amides is 1. The molecule has 0 bridgehead atoms. The van der Waals surface area contributed by atoms with E-state index in [9.17, 15) is 33.3 Å². The number of carboxylic acids is 1. The molecule has 3 heterocycles. The van der Waals surface area contributed by atoms with Gasteiger partial charge in [-0.2, -0.15) is 23.1 Å². The summed E-state index contributed by atoms with van der Waals surface area (Å²) < 4.78 is 33.5. The zero-order chi connectivity index (χ0) is 32.9. The predicted molar refractivity (Wildman–Crippen MR) is 155 cm³/mol. The average molecular weight is 633 g/mol. The number of carbonyl (C=O) groups excluding carboxylic acids is 1. The summed E-state index contributed by atoms with van der Waals surface area (Å²) in [6, 6.07) is -0.888. The van der Waals surface area contributed by atoms with Crippen LogP contribution < -0.4 is 15.5 Å². The molecule has 44 heavy (non-hydrogen) atoms. The van der Waals surface area contributed by atoms with Gasteiger partial charge in [0, 0.05) is 25.6 Å². The first-order valence-electron chi connectivity index (χ1n) is 14.6. The van der Waals surface area contributed by atoms with E-state index in [1.165, 1.54) is 0 Å². The van der Waals surface area contributed by atoms with Crippen LogP contribution in [0.3, 0.4) is 0 Å². The van der Waals surface area contributed by atoms with Crippen molar-refractivity contribution in [1.29, 1.82) is 0 Å². The highest BCUT2D eigenvalue weighted by Crippen LogP contribution is 2.35. The summed E-state index contributed by atoms with van der Waals surface area (Å²) in [7, 11) is 4.14. The van der Waals surface area contributed by atoms with Crippen LogP contribution >= 0.6 is 0 Å². The maximum atomic E-state index is 12.0. The summed E-state index contributed by atoms with van der Waals surface area (Å²) in [5.74, 6) is -1.45. The molecule has 6 atom stereocenters. The zero-order valence-electron chi connectivity index (χ0n) is 25.5. The number of likely N-dealkylation sites (N-methyl/N-ethyl adjacent to an activating group) is 1. The van der Waals surface area contributed by atoms with Crippen molar-refractivity contribution in [2.75, 3.05) is 44.0 Å². The van der Waals surface area contributed by atoms with Gasteiger partial charge in [0.05, 0.1) is 31.1 Å². The molecule has 0 unspecified atom stereocenters. The van der Waals surface area contributed by atoms with Gasteiger partial charge in [-0.05, 0) is 39.3 Å². The number of carbonyl (C=O) groups is 2.